The van der Waals surface area contributed by atoms with Crippen LogP contribution in [0.5, 0.6) is 0 Å². The highest BCUT2D eigenvalue weighted by molar-refractivity contribution is 7.53. The van der Waals surface area contributed by atoms with Crippen molar-refractivity contribution in [1.82, 2.24) is 0 Å². The molecule has 0 aromatic rings. The molecule has 0 heterocycles. The minimum atomic E-state index is -4.34. The van der Waals surface area contributed by atoms with E-state index in [0.29, 0.717) is 0 Å². The predicted octanol–water partition coefficient (Wildman–Crippen LogP) is 1.78. The Morgan fingerprint density at radius 1 is 0.765 bits per heavy atom. The van der Waals surface area contributed by atoms with Gasteiger partial charge in [0, 0.05) is 0 Å². The average Bonchev–Trinajstić information content (AvgIpc) is 1.96. The van der Waals surface area contributed by atoms with E-state index in [2.05, 4.69) is 0 Å². The van der Waals surface area contributed by atoms with Gasteiger partial charge in [0.2, 0.25) is 0 Å². The highest BCUT2D eigenvalue weighted by Gasteiger charge is 2.40. The Kier molecular flexibility index (Phi) is 6.07. The summed E-state index contributed by atoms with van der Waals surface area (Å²) < 4.78 is 22.6. The zero-order valence-electron chi connectivity index (χ0n) is 10.5. The van der Waals surface area contributed by atoms with Crippen LogP contribution >= 0.6 is 15.2 Å². The van der Waals surface area contributed by atoms with E-state index in [0.717, 1.165) is 0 Å². The van der Waals surface area contributed by atoms with Crippen LogP contribution in [0.2, 0.25) is 0 Å². The lowest BCUT2D eigenvalue weighted by molar-refractivity contribution is 0.310. The van der Waals surface area contributed by atoms with E-state index in [1.54, 1.807) is 27.7 Å². The summed E-state index contributed by atoms with van der Waals surface area (Å²) in [5, 5.41) is 0. The fourth-order valence-corrected chi connectivity index (χ4v) is 4.57. The van der Waals surface area contributed by atoms with Gasteiger partial charge in [-0.1, -0.05) is 27.7 Å². The Balaban J connectivity index is 5.10. The molecule has 6 nitrogen and oxygen atoms in total. The monoisotopic (exact) mass is 288 g/mol. The zero-order valence-corrected chi connectivity index (χ0v) is 12.3. The summed E-state index contributed by atoms with van der Waals surface area (Å²) in [5.41, 5.74) is -2.02. The van der Waals surface area contributed by atoms with E-state index >= 15 is 0 Å². The van der Waals surface area contributed by atoms with Crippen LogP contribution in [0.4, 0.5) is 0 Å². The molecular weight excluding hydrogens is 266 g/mol. The van der Waals surface area contributed by atoms with Crippen LogP contribution in [0.25, 0.3) is 0 Å². The molecule has 0 spiro atoms. The molecule has 0 aliphatic rings. The van der Waals surface area contributed by atoms with Gasteiger partial charge in [0.25, 0.3) is 0 Å². The quantitative estimate of drug-likeness (QED) is 0.554. The molecule has 8 heteroatoms. The van der Waals surface area contributed by atoms with Crippen LogP contribution in [-0.2, 0) is 9.13 Å². The van der Waals surface area contributed by atoms with Crippen molar-refractivity contribution in [2.45, 2.75) is 45.4 Å². The maximum Gasteiger partial charge on any atom is 0.328 e. The van der Waals surface area contributed by atoms with Gasteiger partial charge in [-0.05, 0) is 18.3 Å². The van der Waals surface area contributed by atoms with Gasteiger partial charge in [-0.15, -0.1) is 0 Å². The van der Waals surface area contributed by atoms with Gasteiger partial charge in [-0.25, -0.2) is 0 Å². The molecule has 0 bridgehead atoms. The van der Waals surface area contributed by atoms with Gasteiger partial charge in [0.05, 0.1) is 11.3 Å². The van der Waals surface area contributed by atoms with Crippen LogP contribution in [0.3, 0.4) is 0 Å². The molecule has 17 heavy (non-hydrogen) atoms. The molecule has 0 saturated heterocycles. The van der Waals surface area contributed by atoms with E-state index in [1.807, 2.05) is 0 Å². The van der Waals surface area contributed by atoms with Crippen LogP contribution in [0.1, 0.15) is 34.1 Å². The van der Waals surface area contributed by atoms with Crippen LogP contribution in [-0.4, -0.2) is 30.9 Å². The number of hydrogen-bond donors (Lipinski definition) is 4. The zero-order chi connectivity index (χ0) is 14.0. The first-order chi connectivity index (χ1) is 7.37. The Bertz CT molecular complexity index is 296. The highest BCUT2D eigenvalue weighted by atomic mass is 31.2. The average molecular weight is 288 g/mol. The van der Waals surface area contributed by atoms with Gasteiger partial charge >= 0.3 is 15.2 Å². The minimum absolute atomic E-state index is 0.163. The Hall–Kier alpha value is 0.300. The smallest absolute Gasteiger partial charge is 0.324 e. The van der Waals surface area contributed by atoms with Gasteiger partial charge in [-0.2, -0.15) is 0 Å². The summed E-state index contributed by atoms with van der Waals surface area (Å²) in [5.74, 6) is -0.660. The molecular formula is C9H22O6P2. The molecule has 0 aromatic heterocycles. The van der Waals surface area contributed by atoms with Crippen molar-refractivity contribution in [2.75, 3.05) is 0 Å². The minimum Gasteiger partial charge on any atom is -0.324 e. The van der Waals surface area contributed by atoms with E-state index < -0.39 is 26.5 Å². The van der Waals surface area contributed by atoms with E-state index in [9.17, 15) is 28.7 Å². The third-order valence-electron chi connectivity index (χ3n) is 2.89. The fraction of sp³-hybridized carbons (Fsp3) is 1.00. The highest BCUT2D eigenvalue weighted by Crippen LogP contribution is 2.54. The predicted molar refractivity (Wildman–Crippen MR) is 66.0 cm³/mol. The number of rotatable bonds is 6. The molecule has 0 amide bonds. The van der Waals surface area contributed by atoms with Crippen LogP contribution in [0.15, 0.2) is 0 Å². The normalized spacial score (nSPS) is 17.5. The summed E-state index contributed by atoms with van der Waals surface area (Å²) in [6, 6.07) is 0. The summed E-state index contributed by atoms with van der Waals surface area (Å²) in [6.45, 7) is 6.56. The molecule has 0 aromatic carbocycles. The maximum absolute atomic E-state index is 11.3. The molecule has 0 rings (SSSR count). The van der Waals surface area contributed by atoms with Crippen molar-refractivity contribution in [3.05, 3.63) is 0 Å². The largest absolute Gasteiger partial charge is 0.328 e. The third kappa shape index (κ3) is 5.64. The molecule has 0 aliphatic carbocycles. The molecule has 0 fully saturated rings. The summed E-state index contributed by atoms with van der Waals surface area (Å²) in [4.78, 5) is 36.8. The van der Waals surface area contributed by atoms with Crippen molar-refractivity contribution >= 4 is 15.2 Å². The molecule has 0 aliphatic heterocycles. The van der Waals surface area contributed by atoms with Gasteiger partial charge in [-0.3, -0.25) is 9.13 Å². The lowest BCUT2D eigenvalue weighted by Gasteiger charge is -2.29. The standard InChI is InChI=1S/C9H22O6P2/c1-6(2)8(16(10,11)12)5-9(7(3)4)17(13,14)15/h6-9H,5H2,1-4H3,(H2,10,11,12)(H2,13,14,15). The Morgan fingerprint density at radius 3 is 1.12 bits per heavy atom. The first-order valence-electron chi connectivity index (χ1n) is 5.47. The molecule has 2 atom stereocenters. The SMILES string of the molecule is CC(C)C(CC(C(C)C)P(=O)(O)O)P(=O)(O)O. The maximum atomic E-state index is 11.3. The lowest BCUT2D eigenvalue weighted by Crippen LogP contribution is -2.26. The van der Waals surface area contributed by atoms with Gasteiger partial charge < -0.3 is 19.6 Å². The molecule has 0 saturated carbocycles. The molecule has 0 radical (unpaired) electrons. The lowest BCUT2D eigenvalue weighted by atomic mass is 10.00. The van der Waals surface area contributed by atoms with Crippen LogP contribution in [0, 0.1) is 11.8 Å². The van der Waals surface area contributed by atoms with E-state index in [1.165, 1.54) is 0 Å². The second-order valence-corrected chi connectivity index (χ2v) is 8.72. The summed E-state index contributed by atoms with van der Waals surface area (Å²) >= 11 is 0. The summed E-state index contributed by atoms with van der Waals surface area (Å²) in [6.07, 6.45) is -0.163. The third-order valence-corrected chi connectivity index (χ3v) is 6.23. The van der Waals surface area contributed by atoms with E-state index in [-0.39, 0.29) is 18.3 Å². The second-order valence-electron chi connectivity index (χ2n) is 5.04. The van der Waals surface area contributed by atoms with Crippen LogP contribution < -0.4 is 0 Å². The topological polar surface area (TPSA) is 115 Å². The van der Waals surface area contributed by atoms with Crippen molar-refractivity contribution in [2.24, 2.45) is 11.8 Å². The first-order valence-corrected chi connectivity index (χ1v) is 8.84. The van der Waals surface area contributed by atoms with Crippen molar-refractivity contribution < 1.29 is 28.7 Å². The molecule has 4 N–H and O–H groups in total. The molecule has 2 unspecified atom stereocenters. The fourth-order valence-electron chi connectivity index (χ4n) is 1.84. The van der Waals surface area contributed by atoms with Crippen molar-refractivity contribution in [3.8, 4) is 0 Å². The van der Waals surface area contributed by atoms with Gasteiger partial charge in [0.1, 0.15) is 0 Å². The molecule has 104 valence electrons. The summed E-state index contributed by atoms with van der Waals surface area (Å²) in [7, 11) is -8.68. The first kappa shape index (κ1) is 17.3. The second kappa shape index (κ2) is 5.96. The van der Waals surface area contributed by atoms with Crippen molar-refractivity contribution in [1.29, 1.82) is 0 Å². The van der Waals surface area contributed by atoms with Gasteiger partial charge in [0.15, 0.2) is 0 Å². The Morgan fingerprint density at radius 2 is 1.00 bits per heavy atom. The number of hydrogen-bond acceptors (Lipinski definition) is 2. The Labute approximate surface area is 102 Å². The van der Waals surface area contributed by atoms with E-state index in [4.69, 9.17) is 0 Å². The van der Waals surface area contributed by atoms with Crippen molar-refractivity contribution in [3.63, 3.8) is 0 Å².